The summed E-state index contributed by atoms with van der Waals surface area (Å²) in [5.41, 5.74) is 3.24. The van der Waals surface area contributed by atoms with Gasteiger partial charge >= 0.3 is 0 Å². The highest BCUT2D eigenvalue weighted by Crippen LogP contribution is 2.28. The molecular formula is C24H32N2O5S2. The minimum Gasteiger partial charge on any atom is -0.379 e. The van der Waals surface area contributed by atoms with Crippen molar-refractivity contribution in [3.8, 4) is 0 Å². The van der Waals surface area contributed by atoms with Crippen LogP contribution in [0.15, 0.2) is 53.4 Å². The van der Waals surface area contributed by atoms with Gasteiger partial charge in [-0.3, -0.25) is 4.90 Å². The fourth-order valence-electron chi connectivity index (χ4n) is 4.61. The lowest BCUT2D eigenvalue weighted by molar-refractivity contribution is 0.0158. The van der Waals surface area contributed by atoms with Crippen molar-refractivity contribution in [2.75, 3.05) is 44.4 Å². The van der Waals surface area contributed by atoms with E-state index in [2.05, 4.69) is 34.5 Å². The molecule has 0 spiro atoms. The van der Waals surface area contributed by atoms with Gasteiger partial charge in [-0.2, -0.15) is 0 Å². The highest BCUT2D eigenvalue weighted by atomic mass is 32.2. The quantitative estimate of drug-likeness (QED) is 0.631. The second kappa shape index (κ2) is 9.84. The molecule has 1 N–H and O–H groups in total. The van der Waals surface area contributed by atoms with E-state index in [1.807, 2.05) is 13.8 Å². The molecule has 2 aliphatic rings. The van der Waals surface area contributed by atoms with Crippen molar-refractivity contribution in [2.24, 2.45) is 0 Å². The molecular weight excluding hydrogens is 460 g/mol. The van der Waals surface area contributed by atoms with Crippen LogP contribution in [-0.2, 0) is 24.4 Å². The predicted octanol–water partition coefficient (Wildman–Crippen LogP) is 1.91. The predicted molar refractivity (Wildman–Crippen MR) is 129 cm³/mol. The molecule has 2 aliphatic heterocycles. The highest BCUT2D eigenvalue weighted by molar-refractivity contribution is 7.96. The van der Waals surface area contributed by atoms with Crippen LogP contribution < -0.4 is 5.32 Å². The van der Waals surface area contributed by atoms with Gasteiger partial charge in [-0.15, -0.1) is 0 Å². The minimum absolute atomic E-state index is 0.000494. The average molecular weight is 493 g/mol. The van der Waals surface area contributed by atoms with E-state index in [0.717, 1.165) is 24.2 Å². The van der Waals surface area contributed by atoms with Gasteiger partial charge in [0, 0.05) is 31.7 Å². The van der Waals surface area contributed by atoms with Gasteiger partial charge in [-0.05, 0) is 31.5 Å². The molecule has 2 heterocycles. The molecule has 0 aromatic heterocycles. The van der Waals surface area contributed by atoms with E-state index >= 15 is 0 Å². The summed E-state index contributed by atoms with van der Waals surface area (Å²) in [4.78, 5) is 2.49. The van der Waals surface area contributed by atoms with Crippen LogP contribution in [0.5, 0.6) is 0 Å². The van der Waals surface area contributed by atoms with Crippen molar-refractivity contribution < 1.29 is 21.6 Å². The number of sulfone groups is 2. The molecule has 1 unspecified atom stereocenters. The Labute approximate surface area is 197 Å². The molecule has 0 aliphatic carbocycles. The van der Waals surface area contributed by atoms with E-state index in [9.17, 15) is 16.8 Å². The van der Waals surface area contributed by atoms with Gasteiger partial charge in [-0.25, -0.2) is 16.8 Å². The van der Waals surface area contributed by atoms with E-state index in [4.69, 9.17) is 4.74 Å². The Bertz CT molecular complexity index is 1160. The Kier molecular flexibility index (Phi) is 7.26. The van der Waals surface area contributed by atoms with Gasteiger partial charge in [0.15, 0.2) is 19.7 Å². The summed E-state index contributed by atoms with van der Waals surface area (Å²) in [7, 11) is -7.26. The van der Waals surface area contributed by atoms with Crippen LogP contribution in [0.25, 0.3) is 0 Å². The highest BCUT2D eigenvalue weighted by Gasteiger charge is 2.46. The first-order valence-electron chi connectivity index (χ1n) is 11.3. The van der Waals surface area contributed by atoms with Crippen molar-refractivity contribution in [3.63, 3.8) is 0 Å². The zero-order valence-corrected chi connectivity index (χ0v) is 20.7. The minimum atomic E-state index is -3.79. The third-order valence-corrected chi connectivity index (χ3v) is 10.7. The normalized spacial score (nSPS) is 24.5. The molecule has 4 rings (SSSR count). The SMILES string of the molecule is Cc1ccc(C(CN[C@H]2CS(=O)(=O)C[C@@H]2S(=O)(=O)c2ccc(C)cc2)N2CCOCC2)cc1. The van der Waals surface area contributed by atoms with E-state index in [0.29, 0.717) is 19.8 Å². The van der Waals surface area contributed by atoms with E-state index < -0.39 is 31.0 Å². The van der Waals surface area contributed by atoms with Crippen molar-refractivity contribution >= 4 is 19.7 Å². The average Bonchev–Trinajstić information content (AvgIpc) is 3.11. The van der Waals surface area contributed by atoms with Gasteiger partial charge in [0.25, 0.3) is 0 Å². The molecule has 2 fully saturated rings. The Morgan fingerprint density at radius 2 is 1.55 bits per heavy atom. The number of nitrogens with zero attached hydrogens (tertiary/aromatic N) is 1. The number of ether oxygens (including phenoxy) is 1. The molecule has 2 aromatic rings. The summed E-state index contributed by atoms with van der Waals surface area (Å²) >= 11 is 0. The Morgan fingerprint density at radius 1 is 0.970 bits per heavy atom. The van der Waals surface area contributed by atoms with Crippen LogP contribution in [-0.4, -0.2) is 77.4 Å². The summed E-state index contributed by atoms with van der Waals surface area (Å²) in [6, 6.07) is 14.3. The molecule has 9 heteroatoms. The van der Waals surface area contributed by atoms with Gasteiger partial charge < -0.3 is 10.1 Å². The van der Waals surface area contributed by atoms with Crippen molar-refractivity contribution in [3.05, 3.63) is 65.2 Å². The molecule has 0 amide bonds. The molecule has 0 radical (unpaired) electrons. The second-order valence-electron chi connectivity index (χ2n) is 9.06. The largest absolute Gasteiger partial charge is 0.379 e. The summed E-state index contributed by atoms with van der Waals surface area (Å²) in [5, 5.41) is 2.34. The number of aryl methyl sites for hydroxylation is 2. The Balaban J connectivity index is 1.57. The lowest BCUT2D eigenvalue weighted by atomic mass is 10.0. The third-order valence-electron chi connectivity index (χ3n) is 6.57. The summed E-state index contributed by atoms with van der Waals surface area (Å²) < 4.78 is 57.3. The van der Waals surface area contributed by atoms with Crippen molar-refractivity contribution in [1.82, 2.24) is 10.2 Å². The van der Waals surface area contributed by atoms with Gasteiger partial charge in [0.05, 0.1) is 34.9 Å². The summed E-state index contributed by atoms with van der Waals surface area (Å²) in [6.07, 6.45) is 0. The number of hydrogen-bond donors (Lipinski definition) is 1. The molecule has 2 aromatic carbocycles. The molecule has 0 saturated carbocycles. The second-order valence-corrected chi connectivity index (χ2v) is 13.4. The molecule has 33 heavy (non-hydrogen) atoms. The standard InChI is InChI=1S/C24H32N2O5S2/c1-18-3-7-20(8-4-18)23(26-11-13-31-14-12-26)15-25-22-16-32(27,28)17-24(22)33(29,30)21-9-5-19(2)6-10-21/h3-10,22-25H,11-17H2,1-2H3/t22-,23?,24-/m0/s1. The van der Waals surface area contributed by atoms with E-state index in [1.54, 1.807) is 24.3 Å². The molecule has 3 atom stereocenters. The fourth-order valence-corrected chi connectivity index (χ4v) is 9.33. The maximum Gasteiger partial charge on any atom is 0.183 e. The number of rotatable bonds is 7. The molecule has 0 bridgehead atoms. The number of hydrogen-bond acceptors (Lipinski definition) is 7. The number of nitrogens with one attached hydrogen (secondary N) is 1. The van der Waals surface area contributed by atoms with Gasteiger partial charge in [-0.1, -0.05) is 47.5 Å². The number of benzene rings is 2. The summed E-state index contributed by atoms with van der Waals surface area (Å²) in [5.74, 6) is -0.528. The lowest BCUT2D eigenvalue weighted by Crippen LogP contribution is -2.48. The smallest absolute Gasteiger partial charge is 0.183 e. The van der Waals surface area contributed by atoms with Crippen LogP contribution in [0.1, 0.15) is 22.7 Å². The van der Waals surface area contributed by atoms with Crippen LogP contribution >= 0.6 is 0 Å². The van der Waals surface area contributed by atoms with Gasteiger partial charge in [0.2, 0.25) is 0 Å². The van der Waals surface area contributed by atoms with Crippen LogP contribution in [0.4, 0.5) is 0 Å². The summed E-state index contributed by atoms with van der Waals surface area (Å²) in [6.45, 7) is 7.22. The van der Waals surface area contributed by atoms with E-state index in [-0.39, 0.29) is 22.4 Å². The monoisotopic (exact) mass is 492 g/mol. The zero-order chi connectivity index (χ0) is 23.6. The maximum atomic E-state index is 13.4. The fraction of sp³-hybridized carbons (Fsp3) is 0.500. The third kappa shape index (κ3) is 5.66. The first kappa shape index (κ1) is 24.3. The first-order chi connectivity index (χ1) is 15.7. The Hall–Kier alpha value is -1.78. The molecule has 2 saturated heterocycles. The van der Waals surface area contributed by atoms with E-state index in [1.165, 1.54) is 5.56 Å². The Morgan fingerprint density at radius 3 is 2.15 bits per heavy atom. The van der Waals surface area contributed by atoms with Crippen LogP contribution in [0, 0.1) is 13.8 Å². The zero-order valence-electron chi connectivity index (χ0n) is 19.1. The topological polar surface area (TPSA) is 92.8 Å². The van der Waals surface area contributed by atoms with Gasteiger partial charge in [0.1, 0.15) is 0 Å². The molecule has 180 valence electrons. The number of morpholine rings is 1. The molecule has 7 nitrogen and oxygen atoms in total. The van der Waals surface area contributed by atoms with Crippen molar-refractivity contribution in [2.45, 2.75) is 36.1 Å². The maximum absolute atomic E-state index is 13.4. The first-order valence-corrected chi connectivity index (χ1v) is 14.7. The van der Waals surface area contributed by atoms with Crippen LogP contribution in [0.2, 0.25) is 0 Å². The lowest BCUT2D eigenvalue weighted by Gasteiger charge is -2.36. The van der Waals surface area contributed by atoms with Crippen molar-refractivity contribution in [1.29, 1.82) is 0 Å². The van der Waals surface area contributed by atoms with Crippen LogP contribution in [0.3, 0.4) is 0 Å².